The summed E-state index contributed by atoms with van der Waals surface area (Å²) in [6.07, 6.45) is 2.80. The van der Waals surface area contributed by atoms with Crippen molar-refractivity contribution in [2.45, 2.75) is 39.5 Å². The maximum absolute atomic E-state index is 12.1. The second-order valence-corrected chi connectivity index (χ2v) is 7.13. The summed E-state index contributed by atoms with van der Waals surface area (Å²) in [5.74, 6) is 2.19. The first-order chi connectivity index (χ1) is 10.0. The van der Waals surface area contributed by atoms with Crippen LogP contribution in [0.2, 0.25) is 0 Å². The van der Waals surface area contributed by atoms with Gasteiger partial charge in [-0.3, -0.25) is 4.79 Å². The van der Waals surface area contributed by atoms with Gasteiger partial charge in [-0.25, -0.2) is 4.79 Å². The van der Waals surface area contributed by atoms with Crippen molar-refractivity contribution in [1.29, 1.82) is 0 Å². The molecule has 122 valence electrons. The highest BCUT2D eigenvalue weighted by Gasteiger charge is 2.18. The average Bonchev–Trinajstić information content (AvgIpc) is 2.70. The molecule has 21 heavy (non-hydrogen) atoms. The number of thioether (sulfide) groups is 1. The third-order valence-electron chi connectivity index (χ3n) is 3.97. The highest BCUT2D eigenvalue weighted by atomic mass is 32.2. The molecule has 1 rings (SSSR count). The Labute approximate surface area is 131 Å². The molecule has 1 atom stereocenters. The number of urea groups is 1. The fraction of sp³-hybridized carbons (Fsp3) is 0.867. The number of carbonyl (C=O) groups excluding carboxylic acids is 1. The van der Waals surface area contributed by atoms with E-state index in [0.717, 1.165) is 37.4 Å². The van der Waals surface area contributed by atoms with Crippen LogP contribution >= 0.6 is 11.8 Å². The Bertz CT molecular complexity index is 329. The molecule has 1 unspecified atom stereocenters. The molecule has 0 aromatic carbocycles. The second kappa shape index (κ2) is 9.92. The normalized spacial score (nSPS) is 17.4. The summed E-state index contributed by atoms with van der Waals surface area (Å²) in [4.78, 5) is 24.6. The standard InChI is InChI=1S/C15H28N2O3S/c1-12(2)13(4-5-14(18)19)6-7-16-15(20)17-8-3-10-21-11-9-17/h12-13H,3-11H2,1-2H3,(H,16,20)(H,18,19). The van der Waals surface area contributed by atoms with Crippen LogP contribution in [-0.2, 0) is 4.79 Å². The minimum Gasteiger partial charge on any atom is -0.481 e. The summed E-state index contributed by atoms with van der Waals surface area (Å²) >= 11 is 1.90. The third-order valence-corrected chi connectivity index (χ3v) is 5.02. The minimum absolute atomic E-state index is 0.0261. The monoisotopic (exact) mass is 316 g/mol. The van der Waals surface area contributed by atoms with Crippen LogP contribution < -0.4 is 5.32 Å². The zero-order valence-electron chi connectivity index (χ0n) is 13.1. The quantitative estimate of drug-likeness (QED) is 0.757. The number of amides is 2. The molecule has 5 nitrogen and oxygen atoms in total. The maximum Gasteiger partial charge on any atom is 0.317 e. The lowest BCUT2D eigenvalue weighted by molar-refractivity contribution is -0.137. The molecule has 0 aliphatic carbocycles. The van der Waals surface area contributed by atoms with Gasteiger partial charge in [-0.05, 0) is 36.9 Å². The zero-order valence-corrected chi connectivity index (χ0v) is 14.0. The molecule has 1 aliphatic heterocycles. The van der Waals surface area contributed by atoms with Gasteiger partial charge in [0.05, 0.1) is 0 Å². The number of carbonyl (C=O) groups is 2. The van der Waals surface area contributed by atoms with E-state index in [1.165, 1.54) is 0 Å². The van der Waals surface area contributed by atoms with E-state index in [2.05, 4.69) is 19.2 Å². The molecule has 1 saturated heterocycles. The topological polar surface area (TPSA) is 69.6 Å². The van der Waals surface area contributed by atoms with Crippen LogP contribution in [0.25, 0.3) is 0 Å². The van der Waals surface area contributed by atoms with E-state index in [0.29, 0.717) is 24.8 Å². The summed E-state index contributed by atoms with van der Waals surface area (Å²) in [6.45, 7) is 6.51. The molecule has 0 aromatic rings. The van der Waals surface area contributed by atoms with Crippen molar-refractivity contribution < 1.29 is 14.7 Å². The van der Waals surface area contributed by atoms with Gasteiger partial charge >= 0.3 is 12.0 Å². The predicted octanol–water partition coefficient (Wildman–Crippen LogP) is 2.66. The van der Waals surface area contributed by atoms with E-state index in [-0.39, 0.29) is 12.5 Å². The molecule has 1 heterocycles. The first-order valence-electron chi connectivity index (χ1n) is 7.83. The van der Waals surface area contributed by atoms with Crippen molar-refractivity contribution in [1.82, 2.24) is 10.2 Å². The number of aliphatic carboxylic acids is 1. The molecule has 0 spiro atoms. The Morgan fingerprint density at radius 1 is 1.24 bits per heavy atom. The van der Waals surface area contributed by atoms with Crippen molar-refractivity contribution in [3.05, 3.63) is 0 Å². The number of hydrogen-bond acceptors (Lipinski definition) is 3. The molecule has 0 saturated carbocycles. The van der Waals surface area contributed by atoms with Crippen molar-refractivity contribution >= 4 is 23.8 Å². The van der Waals surface area contributed by atoms with Crippen LogP contribution in [0.3, 0.4) is 0 Å². The van der Waals surface area contributed by atoms with Crippen molar-refractivity contribution in [3.63, 3.8) is 0 Å². The number of carboxylic acid groups (broad SMARTS) is 1. The van der Waals surface area contributed by atoms with Crippen LogP contribution in [0, 0.1) is 11.8 Å². The van der Waals surface area contributed by atoms with Crippen LogP contribution in [0.4, 0.5) is 4.79 Å². The van der Waals surface area contributed by atoms with Crippen molar-refractivity contribution in [3.8, 4) is 0 Å². The van der Waals surface area contributed by atoms with E-state index in [1.807, 2.05) is 16.7 Å². The highest BCUT2D eigenvalue weighted by molar-refractivity contribution is 7.99. The van der Waals surface area contributed by atoms with Crippen molar-refractivity contribution in [2.24, 2.45) is 11.8 Å². The van der Waals surface area contributed by atoms with Crippen LogP contribution in [0.15, 0.2) is 0 Å². The van der Waals surface area contributed by atoms with Gasteiger partial charge in [-0.1, -0.05) is 13.8 Å². The highest BCUT2D eigenvalue weighted by Crippen LogP contribution is 2.20. The smallest absolute Gasteiger partial charge is 0.317 e. The average molecular weight is 316 g/mol. The molecule has 1 aliphatic rings. The summed E-state index contributed by atoms with van der Waals surface area (Å²) < 4.78 is 0. The number of hydrogen-bond donors (Lipinski definition) is 2. The van der Waals surface area contributed by atoms with E-state index in [9.17, 15) is 9.59 Å². The molecular weight excluding hydrogens is 288 g/mol. The van der Waals surface area contributed by atoms with Crippen LogP contribution in [0.1, 0.15) is 39.5 Å². The minimum atomic E-state index is -0.744. The van der Waals surface area contributed by atoms with E-state index in [4.69, 9.17) is 5.11 Å². The van der Waals surface area contributed by atoms with Crippen molar-refractivity contribution in [2.75, 3.05) is 31.1 Å². The number of nitrogens with zero attached hydrogens (tertiary/aromatic N) is 1. The van der Waals surface area contributed by atoms with Gasteiger partial charge < -0.3 is 15.3 Å². The summed E-state index contributed by atoms with van der Waals surface area (Å²) in [5.41, 5.74) is 0. The number of rotatable bonds is 7. The number of carboxylic acids is 1. The largest absolute Gasteiger partial charge is 0.481 e. The van der Waals surface area contributed by atoms with Crippen LogP contribution in [0.5, 0.6) is 0 Å². The Hall–Kier alpha value is -0.910. The van der Waals surface area contributed by atoms with Gasteiger partial charge in [-0.2, -0.15) is 11.8 Å². The SMILES string of the molecule is CC(C)C(CCNC(=O)N1CCCSCC1)CCC(=O)O. The predicted molar refractivity (Wildman–Crippen MR) is 86.7 cm³/mol. The molecule has 1 fully saturated rings. The molecule has 6 heteroatoms. The van der Waals surface area contributed by atoms with Gasteiger partial charge in [0.15, 0.2) is 0 Å². The summed E-state index contributed by atoms with van der Waals surface area (Å²) in [5, 5.41) is 11.8. The van der Waals surface area contributed by atoms with Gasteiger partial charge in [0.2, 0.25) is 0 Å². The summed E-state index contributed by atoms with van der Waals surface area (Å²) in [7, 11) is 0. The van der Waals surface area contributed by atoms with E-state index in [1.54, 1.807) is 0 Å². The first kappa shape index (κ1) is 18.1. The Morgan fingerprint density at radius 3 is 2.67 bits per heavy atom. The van der Waals surface area contributed by atoms with Crippen LogP contribution in [-0.4, -0.2) is 53.1 Å². The van der Waals surface area contributed by atoms with E-state index < -0.39 is 5.97 Å². The third kappa shape index (κ3) is 7.60. The summed E-state index contributed by atoms with van der Waals surface area (Å²) in [6, 6.07) is 0.0261. The Balaban J connectivity index is 2.28. The molecular formula is C15H28N2O3S. The van der Waals surface area contributed by atoms with Gasteiger partial charge in [0.25, 0.3) is 0 Å². The molecule has 2 N–H and O–H groups in total. The zero-order chi connectivity index (χ0) is 15.7. The number of nitrogens with one attached hydrogen (secondary N) is 1. The second-order valence-electron chi connectivity index (χ2n) is 5.91. The molecule has 0 aromatic heterocycles. The molecule has 2 amide bonds. The van der Waals surface area contributed by atoms with Gasteiger partial charge in [0.1, 0.15) is 0 Å². The Kier molecular flexibility index (Phi) is 8.57. The van der Waals surface area contributed by atoms with Gasteiger partial charge in [-0.15, -0.1) is 0 Å². The lowest BCUT2D eigenvalue weighted by Gasteiger charge is -2.23. The first-order valence-corrected chi connectivity index (χ1v) is 8.98. The van der Waals surface area contributed by atoms with Gasteiger partial charge in [0, 0.05) is 31.8 Å². The lowest BCUT2D eigenvalue weighted by atomic mass is 9.88. The molecule has 0 bridgehead atoms. The maximum atomic E-state index is 12.1. The van der Waals surface area contributed by atoms with E-state index >= 15 is 0 Å². The fourth-order valence-electron chi connectivity index (χ4n) is 2.55. The fourth-order valence-corrected chi connectivity index (χ4v) is 3.43. The molecule has 0 radical (unpaired) electrons. The Morgan fingerprint density at radius 2 is 2.00 bits per heavy atom. The lowest BCUT2D eigenvalue weighted by Crippen LogP contribution is -2.41.